The zero-order chi connectivity index (χ0) is 14.0. The van der Waals surface area contributed by atoms with Crippen LogP contribution in [0.3, 0.4) is 0 Å². The highest BCUT2D eigenvalue weighted by Crippen LogP contribution is 2.23. The van der Waals surface area contributed by atoms with Gasteiger partial charge in [0.25, 0.3) is 10.0 Å². The number of benzene rings is 2. The summed E-state index contributed by atoms with van der Waals surface area (Å²) in [6.45, 7) is 0. The predicted octanol–water partition coefficient (Wildman–Crippen LogP) is 2.23. The largest absolute Gasteiger partial charge is 0.396 e. The maximum absolute atomic E-state index is 13.4. The Hall–Kier alpha value is -2.08. The zero-order valence-electron chi connectivity index (χ0n) is 10.2. The number of sulfonamides is 1. The van der Waals surface area contributed by atoms with E-state index in [-0.39, 0.29) is 10.6 Å². The molecule has 2 aromatic rings. The molecule has 0 amide bonds. The lowest BCUT2D eigenvalue weighted by atomic mass is 10.3. The molecule has 2 rings (SSSR count). The van der Waals surface area contributed by atoms with Crippen molar-refractivity contribution in [1.82, 2.24) is 0 Å². The highest BCUT2D eigenvalue weighted by molar-refractivity contribution is 7.92. The number of halogens is 1. The molecule has 4 nitrogen and oxygen atoms in total. The molecule has 6 heteroatoms. The Balaban J connectivity index is 2.45. The normalized spacial score (nSPS) is 11.3. The molecule has 100 valence electrons. The number of nitrogen functional groups attached to an aromatic ring is 1. The zero-order valence-corrected chi connectivity index (χ0v) is 11.1. The summed E-state index contributed by atoms with van der Waals surface area (Å²) in [5.41, 5.74) is 5.75. The fourth-order valence-corrected chi connectivity index (χ4v) is 2.81. The second-order valence-corrected chi connectivity index (χ2v) is 5.96. The van der Waals surface area contributed by atoms with Gasteiger partial charge in [-0.25, -0.2) is 12.8 Å². The first kappa shape index (κ1) is 13.4. The molecule has 0 aliphatic heterocycles. The highest BCUT2D eigenvalue weighted by Gasteiger charge is 2.22. The summed E-state index contributed by atoms with van der Waals surface area (Å²) in [5, 5.41) is 0. The van der Waals surface area contributed by atoms with Crippen LogP contribution in [0.5, 0.6) is 0 Å². The Morgan fingerprint density at radius 3 is 2.32 bits per heavy atom. The fourth-order valence-electron chi connectivity index (χ4n) is 1.60. The average molecular weight is 280 g/mol. The molecule has 2 N–H and O–H groups in total. The molecular formula is C13H13FN2O2S. The summed E-state index contributed by atoms with van der Waals surface area (Å²) in [7, 11) is -2.38. The number of para-hydroxylation sites is 1. The molecule has 0 bridgehead atoms. The number of nitrogens with zero attached hydrogens (tertiary/aromatic N) is 1. The lowest BCUT2D eigenvalue weighted by molar-refractivity contribution is 0.590. The first-order chi connectivity index (χ1) is 8.93. The van der Waals surface area contributed by atoms with E-state index in [9.17, 15) is 12.8 Å². The van der Waals surface area contributed by atoms with Crippen molar-refractivity contribution in [2.24, 2.45) is 0 Å². The van der Waals surface area contributed by atoms with E-state index in [2.05, 4.69) is 0 Å². The fraction of sp³-hybridized carbons (Fsp3) is 0.0769. The minimum Gasteiger partial charge on any atom is -0.396 e. The molecule has 0 aromatic heterocycles. The van der Waals surface area contributed by atoms with Crippen molar-refractivity contribution >= 4 is 21.4 Å². The Bertz CT molecular complexity index is 687. The van der Waals surface area contributed by atoms with Crippen LogP contribution in [0.4, 0.5) is 15.8 Å². The molecule has 0 spiro atoms. The number of hydrogen-bond donors (Lipinski definition) is 1. The molecule has 0 fully saturated rings. The van der Waals surface area contributed by atoms with Gasteiger partial charge in [-0.3, -0.25) is 4.31 Å². The van der Waals surface area contributed by atoms with Gasteiger partial charge in [-0.1, -0.05) is 18.2 Å². The van der Waals surface area contributed by atoms with Gasteiger partial charge in [0, 0.05) is 7.05 Å². The van der Waals surface area contributed by atoms with E-state index in [1.54, 1.807) is 30.3 Å². The Morgan fingerprint density at radius 2 is 1.74 bits per heavy atom. The molecule has 0 saturated heterocycles. The smallest absolute Gasteiger partial charge is 0.264 e. The maximum Gasteiger partial charge on any atom is 0.264 e. The van der Waals surface area contributed by atoms with Crippen LogP contribution < -0.4 is 10.0 Å². The van der Waals surface area contributed by atoms with E-state index in [0.717, 1.165) is 10.4 Å². The molecular weight excluding hydrogens is 267 g/mol. The molecule has 0 heterocycles. The second-order valence-electron chi connectivity index (χ2n) is 3.99. The minimum atomic E-state index is -3.79. The Labute approximate surface area is 111 Å². The van der Waals surface area contributed by atoms with Gasteiger partial charge in [0.2, 0.25) is 0 Å². The third kappa shape index (κ3) is 2.53. The van der Waals surface area contributed by atoms with Gasteiger partial charge in [-0.2, -0.15) is 0 Å². The highest BCUT2D eigenvalue weighted by atomic mass is 32.2. The van der Waals surface area contributed by atoms with Gasteiger partial charge >= 0.3 is 0 Å². The summed E-state index contributed by atoms with van der Waals surface area (Å²) in [6, 6.07) is 12.0. The average Bonchev–Trinajstić information content (AvgIpc) is 2.41. The van der Waals surface area contributed by atoms with Gasteiger partial charge in [0.05, 0.1) is 16.3 Å². The summed E-state index contributed by atoms with van der Waals surface area (Å²) < 4.78 is 39.1. The number of hydrogen-bond acceptors (Lipinski definition) is 3. The van der Waals surface area contributed by atoms with E-state index in [0.29, 0.717) is 5.69 Å². The summed E-state index contributed by atoms with van der Waals surface area (Å²) in [4.78, 5) is -0.134. The van der Waals surface area contributed by atoms with E-state index >= 15 is 0 Å². The Kier molecular flexibility index (Phi) is 3.44. The van der Waals surface area contributed by atoms with Gasteiger partial charge in [0.15, 0.2) is 0 Å². The molecule has 0 atom stereocenters. The van der Waals surface area contributed by atoms with E-state index in [1.807, 2.05) is 0 Å². The van der Waals surface area contributed by atoms with Gasteiger partial charge in [-0.15, -0.1) is 0 Å². The van der Waals surface area contributed by atoms with Crippen LogP contribution in [-0.2, 0) is 10.0 Å². The summed E-state index contributed by atoms with van der Waals surface area (Å²) >= 11 is 0. The predicted molar refractivity (Wildman–Crippen MR) is 72.8 cm³/mol. The van der Waals surface area contributed by atoms with E-state index in [4.69, 9.17) is 5.73 Å². The van der Waals surface area contributed by atoms with Crippen LogP contribution in [0.15, 0.2) is 53.4 Å². The van der Waals surface area contributed by atoms with Crippen LogP contribution in [0.25, 0.3) is 0 Å². The van der Waals surface area contributed by atoms with Crippen molar-refractivity contribution in [3.8, 4) is 0 Å². The molecule has 0 saturated carbocycles. The van der Waals surface area contributed by atoms with Crippen molar-refractivity contribution in [2.45, 2.75) is 4.90 Å². The molecule has 19 heavy (non-hydrogen) atoms. The van der Waals surface area contributed by atoms with Gasteiger partial charge in [-0.05, 0) is 30.3 Å². The number of nitrogens with two attached hydrogens (primary N) is 1. The molecule has 0 radical (unpaired) electrons. The van der Waals surface area contributed by atoms with Crippen LogP contribution in [-0.4, -0.2) is 15.5 Å². The van der Waals surface area contributed by atoms with E-state index < -0.39 is 15.8 Å². The van der Waals surface area contributed by atoms with Gasteiger partial charge in [0.1, 0.15) is 5.82 Å². The van der Waals surface area contributed by atoms with Crippen LogP contribution in [0.1, 0.15) is 0 Å². The standard InChI is InChI=1S/C13H13FN2O2S/c1-16(10-5-3-2-4-6-10)19(17,18)11-7-8-13(15)12(14)9-11/h2-9H,15H2,1H3. The quantitative estimate of drug-likeness (QED) is 0.877. The van der Waals surface area contributed by atoms with E-state index in [1.165, 1.54) is 19.2 Å². The minimum absolute atomic E-state index is 0.0821. The SMILES string of the molecule is CN(c1ccccc1)S(=O)(=O)c1ccc(N)c(F)c1. The number of anilines is 2. The lowest BCUT2D eigenvalue weighted by Gasteiger charge is -2.19. The topological polar surface area (TPSA) is 63.4 Å². The molecule has 0 aliphatic carbocycles. The summed E-state index contributed by atoms with van der Waals surface area (Å²) in [5.74, 6) is -0.748. The Morgan fingerprint density at radius 1 is 1.11 bits per heavy atom. The maximum atomic E-state index is 13.4. The second kappa shape index (κ2) is 4.89. The monoisotopic (exact) mass is 280 g/mol. The van der Waals surface area contributed by atoms with Crippen molar-refractivity contribution in [2.75, 3.05) is 17.1 Å². The van der Waals surface area contributed by atoms with Crippen LogP contribution in [0, 0.1) is 5.82 Å². The third-order valence-corrected chi connectivity index (χ3v) is 4.53. The number of rotatable bonds is 3. The summed E-state index contributed by atoms with van der Waals surface area (Å²) in [6.07, 6.45) is 0. The van der Waals surface area contributed by atoms with Crippen LogP contribution in [0.2, 0.25) is 0 Å². The van der Waals surface area contributed by atoms with Crippen molar-refractivity contribution in [3.05, 3.63) is 54.3 Å². The first-order valence-electron chi connectivity index (χ1n) is 5.52. The molecule has 0 unspecified atom stereocenters. The van der Waals surface area contributed by atoms with Gasteiger partial charge < -0.3 is 5.73 Å². The molecule has 0 aliphatic rings. The van der Waals surface area contributed by atoms with Crippen molar-refractivity contribution in [3.63, 3.8) is 0 Å². The molecule has 2 aromatic carbocycles. The lowest BCUT2D eigenvalue weighted by Crippen LogP contribution is -2.26. The first-order valence-corrected chi connectivity index (χ1v) is 6.96. The van der Waals surface area contributed by atoms with Crippen molar-refractivity contribution < 1.29 is 12.8 Å². The third-order valence-electron chi connectivity index (χ3n) is 2.75. The van der Waals surface area contributed by atoms with Crippen LogP contribution >= 0.6 is 0 Å². The van der Waals surface area contributed by atoms with Crippen molar-refractivity contribution in [1.29, 1.82) is 0 Å².